The fourth-order valence-corrected chi connectivity index (χ4v) is 2.47. The second-order valence-electron chi connectivity index (χ2n) is 4.53. The summed E-state index contributed by atoms with van der Waals surface area (Å²) in [5.74, 6) is 2.37. The van der Waals surface area contributed by atoms with Gasteiger partial charge >= 0.3 is 0 Å². The van der Waals surface area contributed by atoms with Gasteiger partial charge in [0.05, 0.1) is 0 Å². The van der Waals surface area contributed by atoms with Gasteiger partial charge in [0.1, 0.15) is 5.76 Å². The number of nitrogens with zero attached hydrogens (tertiary/aromatic N) is 1. The summed E-state index contributed by atoms with van der Waals surface area (Å²) < 4.78 is 5.49. The number of halogens is 1. The maximum absolute atomic E-state index is 12.2. The summed E-state index contributed by atoms with van der Waals surface area (Å²) in [6, 6.07) is 3.64. The Bertz CT molecular complexity index is 389. The molecule has 1 atom stereocenters. The van der Waals surface area contributed by atoms with Crippen molar-refractivity contribution in [2.75, 3.05) is 19.0 Å². The topological polar surface area (TPSA) is 33.5 Å². The first-order chi connectivity index (χ1) is 8.24. The van der Waals surface area contributed by atoms with Crippen LogP contribution < -0.4 is 0 Å². The molecule has 1 saturated heterocycles. The van der Waals surface area contributed by atoms with Crippen molar-refractivity contribution in [3.63, 3.8) is 0 Å². The van der Waals surface area contributed by atoms with Gasteiger partial charge in [0.2, 0.25) is 0 Å². The molecule has 0 saturated carbocycles. The Balaban J connectivity index is 2.03. The molecule has 17 heavy (non-hydrogen) atoms. The first-order valence-corrected chi connectivity index (χ1v) is 6.72. The third kappa shape index (κ3) is 2.83. The van der Waals surface area contributed by atoms with Crippen molar-refractivity contribution in [2.24, 2.45) is 5.92 Å². The van der Waals surface area contributed by atoms with E-state index in [1.807, 2.05) is 17.9 Å². The van der Waals surface area contributed by atoms with E-state index in [4.69, 9.17) is 16.0 Å². The Morgan fingerprint density at radius 3 is 3.06 bits per heavy atom. The predicted octanol–water partition coefficient (Wildman–Crippen LogP) is 2.93. The molecule has 1 aliphatic rings. The average Bonchev–Trinajstić information content (AvgIpc) is 2.86. The molecule has 1 unspecified atom stereocenters. The molecule has 0 bridgehead atoms. The molecule has 0 radical (unpaired) electrons. The summed E-state index contributed by atoms with van der Waals surface area (Å²) in [7, 11) is 0. The third-order valence-corrected chi connectivity index (χ3v) is 3.68. The van der Waals surface area contributed by atoms with Crippen molar-refractivity contribution in [3.8, 4) is 0 Å². The van der Waals surface area contributed by atoms with Gasteiger partial charge in [0.25, 0.3) is 5.91 Å². The SMILES string of the molecule is CCc1ccc(C(=O)N2CCCC(CCl)C2)o1. The van der Waals surface area contributed by atoms with E-state index in [0.717, 1.165) is 38.1 Å². The zero-order valence-electron chi connectivity index (χ0n) is 10.1. The number of alkyl halides is 1. The Kier molecular flexibility index (Phi) is 4.11. The molecule has 0 aromatic carbocycles. The highest BCUT2D eigenvalue weighted by Gasteiger charge is 2.25. The number of furan rings is 1. The van der Waals surface area contributed by atoms with Crippen LogP contribution in [0.25, 0.3) is 0 Å². The quantitative estimate of drug-likeness (QED) is 0.778. The Labute approximate surface area is 107 Å². The largest absolute Gasteiger partial charge is 0.456 e. The van der Waals surface area contributed by atoms with Crippen LogP contribution in [0.5, 0.6) is 0 Å². The summed E-state index contributed by atoms with van der Waals surface area (Å²) in [6.07, 6.45) is 2.97. The number of hydrogen-bond acceptors (Lipinski definition) is 2. The zero-order chi connectivity index (χ0) is 12.3. The normalized spacial score (nSPS) is 20.6. The van der Waals surface area contributed by atoms with E-state index in [1.54, 1.807) is 6.07 Å². The highest BCUT2D eigenvalue weighted by molar-refractivity contribution is 6.18. The van der Waals surface area contributed by atoms with Gasteiger partial charge in [-0.25, -0.2) is 0 Å². The lowest BCUT2D eigenvalue weighted by molar-refractivity contribution is 0.0651. The Hall–Kier alpha value is -0.960. The van der Waals surface area contributed by atoms with Crippen LogP contribution in [0.15, 0.2) is 16.5 Å². The fraction of sp³-hybridized carbons (Fsp3) is 0.615. The summed E-state index contributed by atoms with van der Waals surface area (Å²) in [4.78, 5) is 14.0. The molecular formula is C13H18ClNO2. The first kappa shape index (κ1) is 12.5. The molecule has 1 aromatic rings. The molecular weight excluding hydrogens is 238 g/mol. The summed E-state index contributed by atoms with van der Waals surface area (Å²) in [5.41, 5.74) is 0. The summed E-state index contributed by atoms with van der Waals surface area (Å²) in [6.45, 7) is 3.58. The molecule has 1 fully saturated rings. The second-order valence-corrected chi connectivity index (χ2v) is 4.84. The van der Waals surface area contributed by atoms with Gasteiger partial charge in [-0.15, -0.1) is 11.6 Å². The highest BCUT2D eigenvalue weighted by Crippen LogP contribution is 2.20. The predicted molar refractivity (Wildman–Crippen MR) is 67.4 cm³/mol. The lowest BCUT2D eigenvalue weighted by Gasteiger charge is -2.31. The van der Waals surface area contributed by atoms with Crippen LogP contribution >= 0.6 is 11.6 Å². The smallest absolute Gasteiger partial charge is 0.289 e. The minimum atomic E-state index is -0.000448. The first-order valence-electron chi connectivity index (χ1n) is 6.18. The lowest BCUT2D eigenvalue weighted by Crippen LogP contribution is -2.40. The number of aryl methyl sites for hydroxylation is 1. The number of rotatable bonds is 3. The molecule has 0 spiro atoms. The van der Waals surface area contributed by atoms with Crippen molar-refractivity contribution in [2.45, 2.75) is 26.2 Å². The van der Waals surface area contributed by atoms with Gasteiger partial charge in [0.15, 0.2) is 5.76 Å². The molecule has 2 rings (SSSR count). The highest BCUT2D eigenvalue weighted by atomic mass is 35.5. The van der Waals surface area contributed by atoms with E-state index in [0.29, 0.717) is 17.6 Å². The van der Waals surface area contributed by atoms with E-state index in [9.17, 15) is 4.79 Å². The number of amides is 1. The second kappa shape index (κ2) is 5.58. The molecule has 0 aliphatic carbocycles. The maximum atomic E-state index is 12.2. The van der Waals surface area contributed by atoms with Crippen LogP contribution in [0.2, 0.25) is 0 Å². The van der Waals surface area contributed by atoms with Crippen LogP contribution in [0.1, 0.15) is 36.1 Å². The fourth-order valence-electron chi connectivity index (χ4n) is 2.21. The Morgan fingerprint density at radius 2 is 2.41 bits per heavy atom. The number of hydrogen-bond donors (Lipinski definition) is 0. The van der Waals surface area contributed by atoms with Crippen molar-refractivity contribution in [3.05, 3.63) is 23.7 Å². The molecule has 1 aromatic heterocycles. The average molecular weight is 256 g/mol. The van der Waals surface area contributed by atoms with Crippen molar-refractivity contribution in [1.82, 2.24) is 4.90 Å². The molecule has 1 aliphatic heterocycles. The van der Waals surface area contributed by atoms with E-state index in [1.165, 1.54) is 0 Å². The summed E-state index contributed by atoms with van der Waals surface area (Å²) in [5, 5.41) is 0. The van der Waals surface area contributed by atoms with Crippen LogP contribution in [0.4, 0.5) is 0 Å². The molecule has 2 heterocycles. The minimum absolute atomic E-state index is 0.000448. The number of piperidine rings is 1. The van der Waals surface area contributed by atoms with Gasteiger partial charge in [-0.2, -0.15) is 0 Å². The van der Waals surface area contributed by atoms with Gasteiger partial charge in [0, 0.05) is 25.4 Å². The van der Waals surface area contributed by atoms with Gasteiger partial charge in [-0.05, 0) is 30.9 Å². The zero-order valence-corrected chi connectivity index (χ0v) is 10.9. The van der Waals surface area contributed by atoms with Crippen LogP contribution in [-0.4, -0.2) is 29.8 Å². The standard InChI is InChI=1S/C13H18ClNO2/c1-2-11-5-6-12(17-11)13(16)15-7-3-4-10(8-14)9-15/h5-6,10H,2-4,7-9H2,1H3. The van der Waals surface area contributed by atoms with E-state index in [2.05, 4.69) is 0 Å². The van der Waals surface area contributed by atoms with Crippen molar-refractivity contribution < 1.29 is 9.21 Å². The number of carbonyl (C=O) groups is 1. The van der Waals surface area contributed by atoms with Crippen molar-refractivity contribution in [1.29, 1.82) is 0 Å². The monoisotopic (exact) mass is 255 g/mol. The maximum Gasteiger partial charge on any atom is 0.289 e. The van der Waals surface area contributed by atoms with E-state index < -0.39 is 0 Å². The van der Waals surface area contributed by atoms with Crippen LogP contribution in [-0.2, 0) is 6.42 Å². The lowest BCUT2D eigenvalue weighted by atomic mass is 10.00. The summed E-state index contributed by atoms with van der Waals surface area (Å²) >= 11 is 5.86. The van der Waals surface area contributed by atoms with E-state index >= 15 is 0 Å². The number of carbonyl (C=O) groups excluding carboxylic acids is 1. The van der Waals surface area contributed by atoms with Gasteiger partial charge < -0.3 is 9.32 Å². The van der Waals surface area contributed by atoms with Crippen LogP contribution in [0, 0.1) is 5.92 Å². The van der Waals surface area contributed by atoms with E-state index in [-0.39, 0.29) is 5.91 Å². The molecule has 94 valence electrons. The Morgan fingerprint density at radius 1 is 1.59 bits per heavy atom. The minimum Gasteiger partial charge on any atom is -0.456 e. The molecule has 1 amide bonds. The molecule has 0 N–H and O–H groups in total. The van der Waals surface area contributed by atoms with Crippen LogP contribution in [0.3, 0.4) is 0 Å². The molecule has 4 heteroatoms. The van der Waals surface area contributed by atoms with Crippen molar-refractivity contribution >= 4 is 17.5 Å². The van der Waals surface area contributed by atoms with Gasteiger partial charge in [-0.1, -0.05) is 6.92 Å². The number of likely N-dealkylation sites (tertiary alicyclic amines) is 1. The third-order valence-electron chi connectivity index (χ3n) is 3.25. The van der Waals surface area contributed by atoms with Gasteiger partial charge in [-0.3, -0.25) is 4.79 Å². The molecule has 3 nitrogen and oxygen atoms in total.